The Hall–Kier alpha value is -1.39. The fourth-order valence-electron chi connectivity index (χ4n) is 1.84. The van der Waals surface area contributed by atoms with Crippen molar-refractivity contribution in [1.82, 2.24) is 20.1 Å². The molecule has 0 spiro atoms. The number of halogens is 1. The Bertz CT molecular complexity index is 533. The average molecular weight is 263 g/mol. The second kappa shape index (κ2) is 5.08. The van der Waals surface area contributed by atoms with Crippen molar-refractivity contribution in [3.05, 3.63) is 47.0 Å². The molecule has 0 radical (unpaired) electrons. The van der Waals surface area contributed by atoms with Crippen molar-refractivity contribution in [2.24, 2.45) is 0 Å². The molecule has 18 heavy (non-hydrogen) atoms. The lowest BCUT2D eigenvalue weighted by Crippen LogP contribution is -2.14. The smallest absolute Gasteiger partial charge is 0.0675 e. The van der Waals surface area contributed by atoms with E-state index in [0.29, 0.717) is 11.6 Å². The summed E-state index contributed by atoms with van der Waals surface area (Å²) in [5.41, 5.74) is 2.25. The van der Waals surface area contributed by atoms with Crippen molar-refractivity contribution in [2.45, 2.75) is 32.0 Å². The minimum atomic E-state index is 0.685. The van der Waals surface area contributed by atoms with E-state index >= 15 is 0 Å². The summed E-state index contributed by atoms with van der Waals surface area (Å²) >= 11 is 6.08. The lowest BCUT2D eigenvalue weighted by molar-refractivity contribution is 0.674. The van der Waals surface area contributed by atoms with Crippen LogP contribution in [0.25, 0.3) is 0 Å². The van der Waals surface area contributed by atoms with Crippen molar-refractivity contribution in [2.75, 3.05) is 0 Å². The van der Waals surface area contributed by atoms with Crippen LogP contribution < -0.4 is 5.32 Å². The van der Waals surface area contributed by atoms with Gasteiger partial charge in [0.05, 0.1) is 17.8 Å². The zero-order chi connectivity index (χ0) is 12.4. The van der Waals surface area contributed by atoms with Crippen LogP contribution >= 0.6 is 11.6 Å². The topological polar surface area (TPSA) is 42.7 Å². The van der Waals surface area contributed by atoms with E-state index in [9.17, 15) is 0 Å². The third kappa shape index (κ3) is 2.89. The number of hydrogen-bond donors (Lipinski definition) is 1. The molecule has 1 aliphatic rings. The molecule has 1 N–H and O–H groups in total. The Morgan fingerprint density at radius 1 is 1.39 bits per heavy atom. The molecule has 2 aromatic heterocycles. The first-order chi connectivity index (χ1) is 8.81. The van der Waals surface area contributed by atoms with Crippen molar-refractivity contribution in [3.8, 4) is 0 Å². The highest BCUT2D eigenvalue weighted by atomic mass is 35.5. The fraction of sp³-hybridized carbons (Fsp3) is 0.385. The van der Waals surface area contributed by atoms with Gasteiger partial charge in [-0.3, -0.25) is 9.67 Å². The summed E-state index contributed by atoms with van der Waals surface area (Å²) in [5, 5.41) is 8.51. The first kappa shape index (κ1) is 11.7. The van der Waals surface area contributed by atoms with Crippen LogP contribution in [0, 0.1) is 0 Å². The van der Waals surface area contributed by atoms with Crippen molar-refractivity contribution in [3.63, 3.8) is 0 Å². The maximum Gasteiger partial charge on any atom is 0.0675 e. The Kier molecular flexibility index (Phi) is 3.30. The molecule has 0 bridgehead atoms. The standard InChI is InChI=1S/C13H15ClN4/c14-13-7-15-4-3-11(13)9-18-8-10(6-17-18)5-16-12-1-2-12/h3-4,6-8,12,16H,1-2,5,9H2. The molecule has 0 amide bonds. The third-order valence-corrected chi connectivity index (χ3v) is 3.39. The Morgan fingerprint density at radius 3 is 3.06 bits per heavy atom. The highest BCUT2D eigenvalue weighted by molar-refractivity contribution is 6.31. The normalized spacial score (nSPS) is 14.9. The van der Waals surface area contributed by atoms with E-state index in [0.717, 1.165) is 18.2 Å². The zero-order valence-corrected chi connectivity index (χ0v) is 10.8. The van der Waals surface area contributed by atoms with E-state index in [1.165, 1.54) is 18.4 Å². The second-order valence-electron chi connectivity index (χ2n) is 4.67. The van der Waals surface area contributed by atoms with Crippen LogP contribution in [0.15, 0.2) is 30.9 Å². The van der Waals surface area contributed by atoms with Crippen LogP contribution in [0.3, 0.4) is 0 Å². The zero-order valence-electron chi connectivity index (χ0n) is 10.0. The van der Waals surface area contributed by atoms with E-state index in [-0.39, 0.29) is 0 Å². The lowest BCUT2D eigenvalue weighted by Gasteiger charge is -2.03. The van der Waals surface area contributed by atoms with Gasteiger partial charge in [-0.2, -0.15) is 5.10 Å². The second-order valence-corrected chi connectivity index (χ2v) is 5.08. The van der Waals surface area contributed by atoms with E-state index in [2.05, 4.69) is 21.6 Å². The van der Waals surface area contributed by atoms with Crippen LogP contribution in [0.1, 0.15) is 24.0 Å². The van der Waals surface area contributed by atoms with Crippen molar-refractivity contribution < 1.29 is 0 Å². The molecule has 0 aliphatic heterocycles. The van der Waals surface area contributed by atoms with E-state index in [1.807, 2.05) is 16.9 Å². The van der Waals surface area contributed by atoms with Crippen molar-refractivity contribution in [1.29, 1.82) is 0 Å². The third-order valence-electron chi connectivity index (χ3n) is 3.05. The molecule has 0 aromatic carbocycles. The van der Waals surface area contributed by atoms with E-state index in [1.54, 1.807) is 12.4 Å². The molecule has 3 rings (SSSR count). The first-order valence-electron chi connectivity index (χ1n) is 6.14. The monoisotopic (exact) mass is 262 g/mol. The molecule has 1 fully saturated rings. The summed E-state index contributed by atoms with van der Waals surface area (Å²) in [6, 6.07) is 2.65. The Morgan fingerprint density at radius 2 is 2.28 bits per heavy atom. The number of nitrogens with zero attached hydrogens (tertiary/aromatic N) is 3. The van der Waals surface area contributed by atoms with Gasteiger partial charge in [0.1, 0.15) is 0 Å². The van der Waals surface area contributed by atoms with Crippen LogP contribution in [-0.2, 0) is 13.1 Å². The molecular formula is C13H15ClN4. The summed E-state index contributed by atoms with van der Waals surface area (Å²) < 4.78 is 1.91. The molecule has 1 aliphatic carbocycles. The molecule has 0 atom stereocenters. The van der Waals surface area contributed by atoms with E-state index in [4.69, 9.17) is 11.6 Å². The molecule has 1 saturated carbocycles. The maximum atomic E-state index is 6.08. The molecular weight excluding hydrogens is 248 g/mol. The van der Waals surface area contributed by atoms with Crippen LogP contribution in [-0.4, -0.2) is 20.8 Å². The predicted molar refractivity (Wildman–Crippen MR) is 70.4 cm³/mol. The molecule has 0 unspecified atom stereocenters. The lowest BCUT2D eigenvalue weighted by atomic mass is 10.3. The molecule has 2 heterocycles. The molecule has 2 aromatic rings. The van der Waals surface area contributed by atoms with Gasteiger partial charge < -0.3 is 5.32 Å². The fourth-order valence-corrected chi connectivity index (χ4v) is 2.02. The van der Waals surface area contributed by atoms with E-state index < -0.39 is 0 Å². The Labute approximate surface area is 111 Å². The van der Waals surface area contributed by atoms with Crippen LogP contribution in [0.5, 0.6) is 0 Å². The van der Waals surface area contributed by atoms with Gasteiger partial charge in [0.2, 0.25) is 0 Å². The highest BCUT2D eigenvalue weighted by Crippen LogP contribution is 2.19. The maximum absolute atomic E-state index is 6.08. The molecule has 5 heteroatoms. The molecule has 94 valence electrons. The van der Waals surface area contributed by atoms with Gasteiger partial charge >= 0.3 is 0 Å². The van der Waals surface area contributed by atoms with Crippen molar-refractivity contribution >= 4 is 11.6 Å². The SMILES string of the molecule is Clc1cnccc1Cn1cc(CNC2CC2)cn1. The predicted octanol–water partition coefficient (Wildman–Crippen LogP) is 2.23. The quantitative estimate of drug-likeness (QED) is 0.899. The number of nitrogens with one attached hydrogen (secondary N) is 1. The van der Waals surface area contributed by atoms with Gasteiger partial charge in [-0.25, -0.2) is 0 Å². The van der Waals surface area contributed by atoms with Gasteiger partial charge in [0.15, 0.2) is 0 Å². The van der Waals surface area contributed by atoms with Crippen LogP contribution in [0.4, 0.5) is 0 Å². The minimum absolute atomic E-state index is 0.685. The van der Waals surface area contributed by atoms with Gasteiger partial charge in [-0.1, -0.05) is 11.6 Å². The summed E-state index contributed by atoms with van der Waals surface area (Å²) in [6.45, 7) is 1.58. The van der Waals surface area contributed by atoms with Gasteiger partial charge in [0.25, 0.3) is 0 Å². The van der Waals surface area contributed by atoms with Gasteiger partial charge in [0, 0.05) is 36.7 Å². The largest absolute Gasteiger partial charge is 0.310 e. The molecule has 0 saturated heterocycles. The first-order valence-corrected chi connectivity index (χ1v) is 6.52. The Balaban J connectivity index is 1.63. The summed E-state index contributed by atoms with van der Waals surface area (Å²) in [7, 11) is 0. The summed E-state index contributed by atoms with van der Waals surface area (Å²) in [6.07, 6.45) is 9.99. The van der Waals surface area contributed by atoms with Gasteiger partial charge in [-0.05, 0) is 24.5 Å². The average Bonchev–Trinajstić information content (AvgIpc) is 3.10. The molecule has 4 nitrogen and oxygen atoms in total. The highest BCUT2D eigenvalue weighted by Gasteiger charge is 2.20. The number of pyridine rings is 1. The minimum Gasteiger partial charge on any atom is -0.310 e. The number of rotatable bonds is 5. The van der Waals surface area contributed by atoms with Gasteiger partial charge in [-0.15, -0.1) is 0 Å². The summed E-state index contributed by atoms with van der Waals surface area (Å²) in [5.74, 6) is 0. The van der Waals surface area contributed by atoms with Crippen LogP contribution in [0.2, 0.25) is 5.02 Å². The number of hydrogen-bond acceptors (Lipinski definition) is 3. The number of aromatic nitrogens is 3. The summed E-state index contributed by atoms with van der Waals surface area (Å²) in [4.78, 5) is 3.98.